The zero-order chi connectivity index (χ0) is 8.10. The third-order valence-electron chi connectivity index (χ3n) is 1.35. The van der Waals surface area contributed by atoms with E-state index in [1.807, 2.05) is 12.1 Å². The molecule has 0 bridgehead atoms. The van der Waals surface area contributed by atoms with Crippen LogP contribution in [0.1, 0.15) is 5.56 Å². The van der Waals surface area contributed by atoms with Gasteiger partial charge >= 0.3 is 0 Å². The van der Waals surface area contributed by atoms with Gasteiger partial charge in [-0.3, -0.25) is 0 Å². The molecule has 11 heavy (non-hydrogen) atoms. The van der Waals surface area contributed by atoms with Crippen LogP contribution in [0.2, 0.25) is 0 Å². The van der Waals surface area contributed by atoms with E-state index in [0.29, 0.717) is 6.33 Å². The summed E-state index contributed by atoms with van der Waals surface area (Å²) in [5.41, 5.74) is 0.798. The zero-order valence-corrected chi connectivity index (χ0v) is 6.25. The van der Waals surface area contributed by atoms with Gasteiger partial charge in [0.1, 0.15) is 5.75 Å². The van der Waals surface area contributed by atoms with E-state index in [1.54, 1.807) is 19.2 Å². The maximum Gasteiger partial charge on any atom is 0.119 e. The van der Waals surface area contributed by atoms with E-state index in [1.165, 1.54) is 6.08 Å². The Bertz CT molecular complexity index is 255. The molecule has 1 nitrogen and oxygen atoms in total. The molecule has 2 heteroatoms. The summed E-state index contributed by atoms with van der Waals surface area (Å²) in [4.78, 5) is 0. The lowest BCUT2D eigenvalue weighted by Crippen LogP contribution is -1.81. The van der Waals surface area contributed by atoms with Gasteiger partial charge in [-0.05, 0) is 23.8 Å². The van der Waals surface area contributed by atoms with Crippen LogP contribution in [-0.4, -0.2) is 7.11 Å². The van der Waals surface area contributed by atoms with Crippen LogP contribution in [0.5, 0.6) is 5.75 Å². The summed E-state index contributed by atoms with van der Waals surface area (Å²) in [6, 6.07) is 7.19. The van der Waals surface area contributed by atoms with Gasteiger partial charge in [-0.1, -0.05) is 12.1 Å². The van der Waals surface area contributed by atoms with Crippen LogP contribution in [0.15, 0.2) is 30.6 Å². The van der Waals surface area contributed by atoms with E-state index < -0.39 is 0 Å². The molecule has 1 aromatic rings. The summed E-state index contributed by atoms with van der Waals surface area (Å²) < 4.78 is 16.6. The van der Waals surface area contributed by atoms with Crippen molar-refractivity contribution in [3.8, 4) is 5.75 Å². The average Bonchev–Trinajstić information content (AvgIpc) is 2.06. The molecular weight excluding hydrogens is 143 g/mol. The Morgan fingerprint density at radius 2 is 2.27 bits per heavy atom. The lowest BCUT2D eigenvalue weighted by atomic mass is 10.2. The van der Waals surface area contributed by atoms with Crippen molar-refractivity contribution in [3.05, 3.63) is 36.2 Å². The van der Waals surface area contributed by atoms with Gasteiger partial charge in [0.15, 0.2) is 0 Å². The number of halogens is 1. The van der Waals surface area contributed by atoms with E-state index in [4.69, 9.17) is 4.74 Å². The Hall–Kier alpha value is -1.31. The molecule has 0 aliphatic heterocycles. The molecule has 0 aliphatic rings. The number of ether oxygens (including phenoxy) is 1. The summed E-state index contributed by atoms with van der Waals surface area (Å²) in [5, 5.41) is 0. The second kappa shape index (κ2) is 3.76. The van der Waals surface area contributed by atoms with Crippen LogP contribution >= 0.6 is 0 Å². The lowest BCUT2D eigenvalue weighted by molar-refractivity contribution is 0.414. The first-order chi connectivity index (χ1) is 5.36. The fourth-order valence-electron chi connectivity index (χ4n) is 0.818. The number of hydrogen-bond acceptors (Lipinski definition) is 1. The fraction of sp³-hybridized carbons (Fsp3) is 0.111. The molecule has 0 atom stereocenters. The maximum atomic E-state index is 11.7. The standard InChI is InChI=1S/C9H9FO/c1-11-9-4-2-3-8(7-9)5-6-10/h2-7H,1H3/b6-5-. The van der Waals surface area contributed by atoms with Crippen LogP contribution in [0.25, 0.3) is 6.08 Å². The molecule has 0 spiro atoms. The highest BCUT2D eigenvalue weighted by molar-refractivity contribution is 5.50. The Morgan fingerprint density at radius 3 is 2.91 bits per heavy atom. The van der Waals surface area contributed by atoms with Crippen molar-refractivity contribution in [2.24, 2.45) is 0 Å². The predicted molar refractivity (Wildman–Crippen MR) is 43.1 cm³/mol. The molecular formula is C9H9FO. The van der Waals surface area contributed by atoms with Gasteiger partial charge in [-0.25, -0.2) is 4.39 Å². The van der Waals surface area contributed by atoms with E-state index >= 15 is 0 Å². The molecule has 0 heterocycles. The highest BCUT2D eigenvalue weighted by Gasteiger charge is 1.89. The fourth-order valence-corrected chi connectivity index (χ4v) is 0.818. The van der Waals surface area contributed by atoms with Gasteiger partial charge < -0.3 is 4.74 Å². The largest absolute Gasteiger partial charge is 0.497 e. The predicted octanol–water partition coefficient (Wildman–Crippen LogP) is 2.64. The zero-order valence-electron chi connectivity index (χ0n) is 6.25. The highest BCUT2D eigenvalue weighted by Crippen LogP contribution is 2.13. The molecule has 0 saturated heterocycles. The third-order valence-corrected chi connectivity index (χ3v) is 1.35. The summed E-state index contributed by atoms with van der Waals surface area (Å²) in [5.74, 6) is 0.737. The molecule has 0 radical (unpaired) electrons. The first kappa shape index (κ1) is 7.79. The van der Waals surface area contributed by atoms with Crippen LogP contribution in [0.4, 0.5) is 4.39 Å². The number of benzene rings is 1. The molecule has 1 rings (SSSR count). The number of rotatable bonds is 2. The molecule has 0 fully saturated rings. The van der Waals surface area contributed by atoms with E-state index in [0.717, 1.165) is 11.3 Å². The van der Waals surface area contributed by atoms with Crippen molar-refractivity contribution in [2.75, 3.05) is 7.11 Å². The Balaban J connectivity index is 2.91. The minimum Gasteiger partial charge on any atom is -0.497 e. The molecule has 1 aromatic carbocycles. The first-order valence-corrected chi connectivity index (χ1v) is 3.27. The van der Waals surface area contributed by atoms with Crippen LogP contribution in [-0.2, 0) is 0 Å². The van der Waals surface area contributed by atoms with E-state index in [-0.39, 0.29) is 0 Å². The molecule has 58 valence electrons. The summed E-state index contributed by atoms with van der Waals surface area (Å²) >= 11 is 0. The highest BCUT2D eigenvalue weighted by atomic mass is 19.1. The van der Waals surface area contributed by atoms with Crippen LogP contribution < -0.4 is 4.74 Å². The monoisotopic (exact) mass is 152 g/mol. The van der Waals surface area contributed by atoms with Gasteiger partial charge in [0.2, 0.25) is 0 Å². The Kier molecular flexibility index (Phi) is 2.66. The topological polar surface area (TPSA) is 9.23 Å². The second-order valence-corrected chi connectivity index (χ2v) is 2.07. The molecule has 0 amide bonds. The smallest absolute Gasteiger partial charge is 0.119 e. The van der Waals surface area contributed by atoms with E-state index in [9.17, 15) is 4.39 Å². The molecule has 0 unspecified atom stereocenters. The normalized spacial score (nSPS) is 10.4. The second-order valence-electron chi connectivity index (χ2n) is 2.07. The number of hydrogen-bond donors (Lipinski definition) is 0. The van der Waals surface area contributed by atoms with Crippen molar-refractivity contribution in [1.29, 1.82) is 0 Å². The SMILES string of the molecule is COc1cccc(/C=C\F)c1. The maximum absolute atomic E-state index is 11.7. The minimum atomic E-state index is 0.509. The van der Waals surface area contributed by atoms with Crippen LogP contribution in [0.3, 0.4) is 0 Å². The van der Waals surface area contributed by atoms with Crippen molar-refractivity contribution in [2.45, 2.75) is 0 Å². The van der Waals surface area contributed by atoms with Crippen LogP contribution in [0, 0.1) is 0 Å². The van der Waals surface area contributed by atoms with Crippen molar-refractivity contribution < 1.29 is 9.13 Å². The average molecular weight is 152 g/mol. The van der Waals surface area contributed by atoms with E-state index in [2.05, 4.69) is 0 Å². The number of methoxy groups -OCH3 is 1. The van der Waals surface area contributed by atoms with Crippen molar-refractivity contribution in [1.82, 2.24) is 0 Å². The van der Waals surface area contributed by atoms with Gasteiger partial charge in [0.25, 0.3) is 0 Å². The Labute approximate surface area is 65.1 Å². The summed E-state index contributed by atoms with van der Waals surface area (Å²) in [6.07, 6.45) is 1.89. The molecule has 0 aliphatic carbocycles. The third kappa shape index (κ3) is 2.08. The van der Waals surface area contributed by atoms with Gasteiger partial charge in [-0.2, -0.15) is 0 Å². The Morgan fingerprint density at radius 1 is 1.45 bits per heavy atom. The summed E-state index contributed by atoms with van der Waals surface area (Å²) in [6.45, 7) is 0. The first-order valence-electron chi connectivity index (χ1n) is 3.27. The van der Waals surface area contributed by atoms with Gasteiger partial charge in [-0.15, -0.1) is 0 Å². The summed E-state index contributed by atoms with van der Waals surface area (Å²) in [7, 11) is 1.58. The van der Waals surface area contributed by atoms with Gasteiger partial charge in [0.05, 0.1) is 13.4 Å². The quantitative estimate of drug-likeness (QED) is 0.633. The van der Waals surface area contributed by atoms with Gasteiger partial charge in [0, 0.05) is 0 Å². The van der Waals surface area contributed by atoms with Crippen molar-refractivity contribution in [3.63, 3.8) is 0 Å². The molecule has 0 saturated carbocycles. The molecule has 0 N–H and O–H groups in total. The lowest BCUT2D eigenvalue weighted by Gasteiger charge is -1.98. The molecule has 0 aromatic heterocycles. The minimum absolute atomic E-state index is 0.509. The van der Waals surface area contributed by atoms with Crippen molar-refractivity contribution >= 4 is 6.08 Å².